The maximum Gasteiger partial charge on any atom is 0.335 e. The second-order valence-corrected chi connectivity index (χ2v) is 4.99. The lowest BCUT2D eigenvalue weighted by molar-refractivity contribution is 0.0697. The summed E-state index contributed by atoms with van der Waals surface area (Å²) >= 11 is 0. The maximum absolute atomic E-state index is 13.5. The van der Waals surface area contributed by atoms with E-state index in [-0.39, 0.29) is 17.9 Å². The van der Waals surface area contributed by atoms with Crippen LogP contribution in [-0.4, -0.2) is 15.6 Å². The van der Waals surface area contributed by atoms with E-state index in [1.54, 1.807) is 36.4 Å². The van der Waals surface area contributed by atoms with Gasteiger partial charge in [-0.15, -0.1) is 0 Å². The van der Waals surface area contributed by atoms with Crippen molar-refractivity contribution in [1.29, 1.82) is 0 Å². The number of nitrogens with zero attached hydrogens (tertiary/aromatic N) is 1. The third kappa shape index (κ3) is 2.53. The molecule has 0 spiro atoms. The van der Waals surface area contributed by atoms with E-state index in [2.05, 4.69) is 0 Å². The second-order valence-electron chi connectivity index (χ2n) is 4.99. The van der Waals surface area contributed by atoms with Crippen LogP contribution in [0.2, 0.25) is 0 Å². The largest absolute Gasteiger partial charge is 0.484 e. The average Bonchev–Trinajstić information content (AvgIpc) is 2.82. The highest BCUT2D eigenvalue weighted by atomic mass is 19.1. The number of hydrogen-bond donors (Lipinski definition) is 1. The Morgan fingerprint density at radius 1 is 1.23 bits per heavy atom. The molecule has 0 aliphatic rings. The first kappa shape index (κ1) is 14.1. The van der Waals surface area contributed by atoms with Gasteiger partial charge in [0.05, 0.1) is 11.3 Å². The minimum absolute atomic E-state index is 0.194. The fourth-order valence-electron chi connectivity index (χ4n) is 2.39. The van der Waals surface area contributed by atoms with Gasteiger partial charge in [-0.1, -0.05) is 12.1 Å². The number of rotatable bonds is 4. The van der Waals surface area contributed by atoms with Gasteiger partial charge in [0.1, 0.15) is 6.61 Å². The van der Waals surface area contributed by atoms with Crippen molar-refractivity contribution in [1.82, 2.24) is 4.57 Å². The fourth-order valence-corrected chi connectivity index (χ4v) is 2.39. The van der Waals surface area contributed by atoms with E-state index >= 15 is 0 Å². The summed E-state index contributed by atoms with van der Waals surface area (Å²) in [6.07, 6.45) is 0. The van der Waals surface area contributed by atoms with Gasteiger partial charge in [-0.25, -0.2) is 9.18 Å². The van der Waals surface area contributed by atoms with Gasteiger partial charge in [0, 0.05) is 18.0 Å². The van der Waals surface area contributed by atoms with Crippen LogP contribution in [0, 0.1) is 5.82 Å². The molecule has 0 unspecified atom stereocenters. The SMILES string of the molecule is Cn1c(COc2ccccc2F)cc2cc(C(=O)O)ccc21. The Bertz CT molecular complexity index is 854. The number of hydrogen-bond acceptors (Lipinski definition) is 2. The lowest BCUT2D eigenvalue weighted by atomic mass is 10.1. The fraction of sp³-hybridized carbons (Fsp3) is 0.118. The average molecular weight is 299 g/mol. The van der Waals surface area contributed by atoms with E-state index < -0.39 is 11.8 Å². The zero-order valence-corrected chi connectivity index (χ0v) is 11.9. The molecule has 0 aliphatic heterocycles. The molecule has 3 rings (SSSR count). The minimum Gasteiger partial charge on any atom is -0.484 e. The number of fused-ring (bicyclic) bond motifs is 1. The summed E-state index contributed by atoms with van der Waals surface area (Å²) < 4.78 is 20.9. The van der Waals surface area contributed by atoms with Crippen molar-refractivity contribution in [3.8, 4) is 5.75 Å². The summed E-state index contributed by atoms with van der Waals surface area (Å²) in [5.41, 5.74) is 1.97. The van der Waals surface area contributed by atoms with Crippen LogP contribution in [0.1, 0.15) is 16.1 Å². The van der Waals surface area contributed by atoms with E-state index in [9.17, 15) is 9.18 Å². The maximum atomic E-state index is 13.5. The van der Waals surface area contributed by atoms with Crippen LogP contribution >= 0.6 is 0 Å². The molecule has 0 saturated carbocycles. The van der Waals surface area contributed by atoms with Crippen LogP contribution in [0.4, 0.5) is 4.39 Å². The molecule has 2 aromatic carbocycles. The molecule has 5 heteroatoms. The number of aromatic carboxylic acids is 1. The van der Waals surface area contributed by atoms with Crippen molar-refractivity contribution < 1.29 is 19.0 Å². The molecule has 4 nitrogen and oxygen atoms in total. The zero-order chi connectivity index (χ0) is 15.7. The molecule has 0 saturated heterocycles. The first-order chi connectivity index (χ1) is 10.6. The molecule has 22 heavy (non-hydrogen) atoms. The standard InChI is InChI=1S/C17H14FNO3/c1-19-13(10-22-16-5-3-2-4-14(16)18)9-12-8-11(17(20)21)6-7-15(12)19/h2-9H,10H2,1H3,(H,20,21). The van der Waals surface area contributed by atoms with Crippen LogP contribution < -0.4 is 4.74 Å². The Kier molecular flexibility index (Phi) is 3.55. The second kappa shape index (κ2) is 5.52. The summed E-state index contributed by atoms with van der Waals surface area (Å²) in [5.74, 6) is -1.18. The number of benzene rings is 2. The molecular formula is C17H14FNO3. The van der Waals surface area contributed by atoms with Gasteiger partial charge in [-0.3, -0.25) is 0 Å². The molecular weight excluding hydrogens is 285 g/mol. The first-order valence-electron chi connectivity index (χ1n) is 6.75. The predicted molar refractivity (Wildman–Crippen MR) is 80.6 cm³/mol. The van der Waals surface area contributed by atoms with Crippen LogP contribution in [0.25, 0.3) is 10.9 Å². The molecule has 1 N–H and O–H groups in total. The van der Waals surface area contributed by atoms with E-state index in [1.165, 1.54) is 6.07 Å². The number of ether oxygens (including phenoxy) is 1. The summed E-state index contributed by atoms with van der Waals surface area (Å²) in [4.78, 5) is 11.0. The molecule has 112 valence electrons. The van der Waals surface area contributed by atoms with Crippen molar-refractivity contribution in [3.63, 3.8) is 0 Å². The minimum atomic E-state index is -0.963. The number of carboxylic acid groups (broad SMARTS) is 1. The van der Waals surface area contributed by atoms with E-state index in [1.807, 2.05) is 17.7 Å². The zero-order valence-electron chi connectivity index (χ0n) is 11.9. The van der Waals surface area contributed by atoms with Gasteiger partial charge in [0.2, 0.25) is 0 Å². The summed E-state index contributed by atoms with van der Waals surface area (Å²) in [5, 5.41) is 9.84. The summed E-state index contributed by atoms with van der Waals surface area (Å²) in [6, 6.07) is 13.0. The van der Waals surface area contributed by atoms with Gasteiger partial charge < -0.3 is 14.4 Å². The van der Waals surface area contributed by atoms with Crippen molar-refractivity contribution in [2.24, 2.45) is 7.05 Å². The van der Waals surface area contributed by atoms with Gasteiger partial charge in [0.15, 0.2) is 11.6 Å². The molecule has 1 aromatic heterocycles. The van der Waals surface area contributed by atoms with Crippen molar-refractivity contribution in [2.45, 2.75) is 6.61 Å². The first-order valence-corrected chi connectivity index (χ1v) is 6.75. The monoisotopic (exact) mass is 299 g/mol. The number of carboxylic acids is 1. The molecule has 0 amide bonds. The van der Waals surface area contributed by atoms with Gasteiger partial charge >= 0.3 is 5.97 Å². The molecule has 0 bridgehead atoms. The van der Waals surface area contributed by atoms with Crippen molar-refractivity contribution in [2.75, 3.05) is 0 Å². The summed E-state index contributed by atoms with van der Waals surface area (Å²) in [7, 11) is 1.86. The molecule has 0 fully saturated rings. The molecule has 1 heterocycles. The Balaban J connectivity index is 1.89. The quantitative estimate of drug-likeness (QED) is 0.801. The highest BCUT2D eigenvalue weighted by Gasteiger charge is 2.10. The number of carbonyl (C=O) groups is 1. The number of aryl methyl sites for hydroxylation is 1. The highest BCUT2D eigenvalue weighted by molar-refractivity contribution is 5.94. The molecule has 0 radical (unpaired) electrons. The van der Waals surface area contributed by atoms with Gasteiger partial charge in [0.25, 0.3) is 0 Å². The highest BCUT2D eigenvalue weighted by Crippen LogP contribution is 2.23. The van der Waals surface area contributed by atoms with Crippen molar-refractivity contribution in [3.05, 3.63) is 65.6 Å². The number of para-hydroxylation sites is 1. The lowest BCUT2D eigenvalue weighted by Crippen LogP contribution is -2.02. The third-order valence-corrected chi connectivity index (χ3v) is 3.60. The number of halogens is 1. The van der Waals surface area contributed by atoms with Crippen LogP contribution in [0.3, 0.4) is 0 Å². The van der Waals surface area contributed by atoms with E-state index in [0.717, 1.165) is 16.6 Å². The third-order valence-electron chi connectivity index (χ3n) is 3.60. The van der Waals surface area contributed by atoms with E-state index in [0.29, 0.717) is 0 Å². The lowest BCUT2D eigenvalue weighted by Gasteiger charge is -2.08. The van der Waals surface area contributed by atoms with Crippen LogP contribution in [0.5, 0.6) is 5.75 Å². The van der Waals surface area contributed by atoms with Gasteiger partial charge in [-0.2, -0.15) is 0 Å². The van der Waals surface area contributed by atoms with Crippen LogP contribution in [-0.2, 0) is 13.7 Å². The normalized spacial score (nSPS) is 10.8. The summed E-state index contributed by atoms with van der Waals surface area (Å²) in [6.45, 7) is 0.203. The Hall–Kier alpha value is -2.82. The molecule has 3 aromatic rings. The Morgan fingerprint density at radius 3 is 2.73 bits per heavy atom. The smallest absolute Gasteiger partial charge is 0.335 e. The van der Waals surface area contributed by atoms with Gasteiger partial charge in [-0.05, 0) is 36.4 Å². The van der Waals surface area contributed by atoms with E-state index in [4.69, 9.17) is 9.84 Å². The van der Waals surface area contributed by atoms with Crippen molar-refractivity contribution >= 4 is 16.9 Å². The predicted octanol–water partition coefficient (Wildman–Crippen LogP) is 3.59. The molecule has 0 aliphatic carbocycles. The molecule has 0 atom stereocenters. The Labute approximate surface area is 126 Å². The van der Waals surface area contributed by atoms with Crippen LogP contribution in [0.15, 0.2) is 48.5 Å². The number of aromatic nitrogens is 1. The topological polar surface area (TPSA) is 51.5 Å². The Morgan fingerprint density at radius 2 is 2.00 bits per heavy atom.